The summed E-state index contributed by atoms with van der Waals surface area (Å²) in [6, 6.07) is 9.96. The predicted molar refractivity (Wildman–Crippen MR) is 82.4 cm³/mol. The van der Waals surface area contributed by atoms with E-state index >= 15 is 0 Å². The van der Waals surface area contributed by atoms with E-state index in [0.717, 1.165) is 19.5 Å². The molecule has 0 spiro atoms. The molecule has 1 N–H and O–H groups in total. The van der Waals surface area contributed by atoms with Crippen molar-refractivity contribution < 1.29 is 4.79 Å². The summed E-state index contributed by atoms with van der Waals surface area (Å²) >= 11 is 5.53. The van der Waals surface area contributed by atoms with Crippen LogP contribution >= 0.6 is 11.6 Å². The second kappa shape index (κ2) is 11.8. The molecule has 1 rings (SSSR count). The molecule has 0 aromatic heterocycles. The second-order valence-corrected chi connectivity index (χ2v) is 4.54. The average molecular weight is 283 g/mol. The Kier molecular flexibility index (Phi) is 10.9. The van der Waals surface area contributed by atoms with Crippen LogP contribution in [0.1, 0.15) is 12.0 Å². The minimum atomic E-state index is -0.0937. The lowest BCUT2D eigenvalue weighted by Crippen LogP contribution is -2.25. The Labute approximate surface area is 121 Å². The number of hydrogen-bond acceptors (Lipinski definition) is 2. The van der Waals surface area contributed by atoms with Crippen molar-refractivity contribution in [1.82, 2.24) is 10.2 Å². The van der Waals surface area contributed by atoms with Gasteiger partial charge in [0.05, 0.1) is 0 Å². The van der Waals surface area contributed by atoms with Crippen molar-refractivity contribution in [1.29, 1.82) is 0 Å². The van der Waals surface area contributed by atoms with Crippen molar-refractivity contribution in [3.05, 3.63) is 48.6 Å². The van der Waals surface area contributed by atoms with E-state index in [1.165, 1.54) is 11.6 Å². The molecule has 19 heavy (non-hydrogen) atoms. The Hall–Kier alpha value is -1.32. The SMILES string of the molecule is C=CC(=O)NCCCN(C)C.ClCc1ccccc1. The summed E-state index contributed by atoms with van der Waals surface area (Å²) in [7, 11) is 4.02. The summed E-state index contributed by atoms with van der Waals surface area (Å²) in [6.45, 7) is 5.07. The molecule has 0 aliphatic rings. The monoisotopic (exact) mass is 282 g/mol. The van der Waals surface area contributed by atoms with Gasteiger partial charge in [0.1, 0.15) is 0 Å². The normalized spacial score (nSPS) is 9.47. The smallest absolute Gasteiger partial charge is 0.243 e. The number of carbonyl (C=O) groups excluding carboxylic acids is 1. The molecule has 3 nitrogen and oxygen atoms in total. The predicted octanol–water partition coefficient (Wildman–Crippen LogP) is 2.67. The van der Waals surface area contributed by atoms with E-state index in [2.05, 4.69) is 16.8 Å². The van der Waals surface area contributed by atoms with E-state index in [1.54, 1.807) is 0 Å². The van der Waals surface area contributed by atoms with Crippen LogP contribution in [0.3, 0.4) is 0 Å². The van der Waals surface area contributed by atoms with Crippen molar-refractivity contribution in [2.75, 3.05) is 27.2 Å². The average Bonchev–Trinajstić information content (AvgIpc) is 2.44. The lowest BCUT2D eigenvalue weighted by Gasteiger charge is -2.08. The van der Waals surface area contributed by atoms with Crippen LogP contribution in [-0.4, -0.2) is 38.0 Å². The fourth-order valence-corrected chi connectivity index (χ4v) is 1.42. The van der Waals surface area contributed by atoms with Gasteiger partial charge in [-0.3, -0.25) is 4.79 Å². The van der Waals surface area contributed by atoms with Crippen molar-refractivity contribution >= 4 is 17.5 Å². The summed E-state index contributed by atoms with van der Waals surface area (Å²) in [5, 5.41) is 2.70. The molecule has 0 saturated carbocycles. The van der Waals surface area contributed by atoms with E-state index in [0.29, 0.717) is 5.88 Å². The van der Waals surface area contributed by atoms with Gasteiger partial charge in [-0.2, -0.15) is 0 Å². The highest BCUT2D eigenvalue weighted by atomic mass is 35.5. The Bertz CT molecular complexity index is 352. The largest absolute Gasteiger partial charge is 0.353 e. The highest BCUT2D eigenvalue weighted by molar-refractivity contribution is 6.17. The maximum absolute atomic E-state index is 10.6. The van der Waals surface area contributed by atoms with Gasteiger partial charge in [-0.05, 0) is 38.7 Å². The van der Waals surface area contributed by atoms with Gasteiger partial charge in [0.25, 0.3) is 0 Å². The summed E-state index contributed by atoms with van der Waals surface area (Å²) in [5.41, 5.74) is 1.18. The zero-order valence-corrected chi connectivity index (χ0v) is 12.5. The summed E-state index contributed by atoms with van der Waals surface area (Å²) in [6.07, 6.45) is 2.27. The van der Waals surface area contributed by atoms with E-state index in [1.807, 2.05) is 44.4 Å². The minimum Gasteiger partial charge on any atom is -0.353 e. The number of hydrogen-bond donors (Lipinski definition) is 1. The standard InChI is InChI=1S/C8H16N2O.C7H7Cl/c1-4-8(11)9-6-5-7-10(2)3;8-6-7-4-2-1-3-5-7/h4H,1,5-7H2,2-3H3,(H,9,11);1-5H,6H2. The fraction of sp³-hybridized carbons (Fsp3) is 0.400. The topological polar surface area (TPSA) is 32.3 Å². The molecule has 4 heteroatoms. The van der Waals surface area contributed by atoms with Crippen LogP contribution in [0.5, 0.6) is 0 Å². The number of carbonyl (C=O) groups is 1. The molecule has 0 aliphatic heterocycles. The minimum absolute atomic E-state index is 0.0937. The van der Waals surface area contributed by atoms with E-state index in [4.69, 9.17) is 11.6 Å². The summed E-state index contributed by atoms with van der Waals surface area (Å²) in [5.74, 6) is 0.518. The van der Waals surface area contributed by atoms with Crippen LogP contribution < -0.4 is 5.32 Å². The number of nitrogens with one attached hydrogen (secondary N) is 1. The van der Waals surface area contributed by atoms with Crippen LogP contribution in [-0.2, 0) is 10.7 Å². The summed E-state index contributed by atoms with van der Waals surface area (Å²) in [4.78, 5) is 12.7. The number of halogens is 1. The van der Waals surface area contributed by atoms with E-state index < -0.39 is 0 Å². The highest BCUT2D eigenvalue weighted by Crippen LogP contribution is 2.00. The van der Waals surface area contributed by atoms with E-state index in [9.17, 15) is 4.79 Å². The molecule has 1 aromatic carbocycles. The van der Waals surface area contributed by atoms with Crippen LogP contribution in [0.2, 0.25) is 0 Å². The second-order valence-electron chi connectivity index (χ2n) is 4.27. The van der Waals surface area contributed by atoms with Gasteiger partial charge < -0.3 is 10.2 Å². The van der Waals surface area contributed by atoms with Gasteiger partial charge in [0.15, 0.2) is 0 Å². The maximum Gasteiger partial charge on any atom is 0.243 e. The van der Waals surface area contributed by atoms with Gasteiger partial charge in [0, 0.05) is 12.4 Å². The molecule has 0 fully saturated rings. The number of nitrogens with zero attached hydrogens (tertiary/aromatic N) is 1. The zero-order chi connectivity index (χ0) is 14.5. The van der Waals surface area contributed by atoms with Crippen LogP contribution in [0.15, 0.2) is 43.0 Å². The molecular formula is C15H23ClN2O. The van der Waals surface area contributed by atoms with Crippen LogP contribution in [0.4, 0.5) is 0 Å². The molecule has 1 aromatic rings. The van der Waals surface area contributed by atoms with Gasteiger partial charge in [0.2, 0.25) is 5.91 Å². The lowest BCUT2D eigenvalue weighted by molar-refractivity contribution is -0.116. The molecule has 0 atom stereocenters. The third-order valence-corrected chi connectivity index (χ3v) is 2.57. The van der Waals surface area contributed by atoms with Gasteiger partial charge in [-0.15, -0.1) is 11.6 Å². The summed E-state index contributed by atoms with van der Waals surface area (Å²) < 4.78 is 0. The Morgan fingerprint density at radius 3 is 2.42 bits per heavy atom. The molecular weight excluding hydrogens is 260 g/mol. The lowest BCUT2D eigenvalue weighted by atomic mass is 10.2. The molecule has 0 bridgehead atoms. The first-order valence-electron chi connectivity index (χ1n) is 6.25. The van der Waals surface area contributed by atoms with Crippen molar-refractivity contribution in [2.45, 2.75) is 12.3 Å². The molecule has 106 valence electrons. The molecule has 1 amide bonds. The van der Waals surface area contributed by atoms with Gasteiger partial charge >= 0.3 is 0 Å². The maximum atomic E-state index is 10.6. The number of rotatable bonds is 6. The third kappa shape index (κ3) is 11.5. The molecule has 0 aliphatic carbocycles. The van der Waals surface area contributed by atoms with Gasteiger partial charge in [-0.25, -0.2) is 0 Å². The van der Waals surface area contributed by atoms with E-state index in [-0.39, 0.29) is 5.91 Å². The van der Waals surface area contributed by atoms with Crippen molar-refractivity contribution in [3.8, 4) is 0 Å². The third-order valence-electron chi connectivity index (χ3n) is 2.26. The molecule has 0 saturated heterocycles. The Morgan fingerprint density at radius 1 is 1.37 bits per heavy atom. The van der Waals surface area contributed by atoms with Crippen LogP contribution in [0.25, 0.3) is 0 Å². The number of amides is 1. The first-order chi connectivity index (χ1) is 9.10. The molecule has 0 heterocycles. The number of alkyl halides is 1. The Balaban J connectivity index is 0.000000356. The molecule has 0 unspecified atom stereocenters. The zero-order valence-electron chi connectivity index (χ0n) is 11.7. The van der Waals surface area contributed by atoms with Gasteiger partial charge in [-0.1, -0.05) is 36.9 Å². The fourth-order valence-electron chi connectivity index (χ4n) is 1.25. The quantitative estimate of drug-likeness (QED) is 0.494. The van der Waals surface area contributed by atoms with Crippen molar-refractivity contribution in [2.24, 2.45) is 0 Å². The van der Waals surface area contributed by atoms with Crippen molar-refractivity contribution in [3.63, 3.8) is 0 Å². The van der Waals surface area contributed by atoms with Crippen LogP contribution in [0, 0.1) is 0 Å². The highest BCUT2D eigenvalue weighted by Gasteiger charge is 1.93. The Morgan fingerprint density at radius 2 is 2.00 bits per heavy atom. The first-order valence-corrected chi connectivity index (χ1v) is 6.78. The number of benzene rings is 1. The first kappa shape index (κ1) is 17.7. The molecule has 0 radical (unpaired) electrons.